The standard InChI is InChI=1S/C20H25N5O3/c26-25(27)18-19(21-15-22-20(18)28-17-9-5-2-6-10-17)24-13-11-23(12-14-24)16-7-3-1-4-8-16/h1,3-4,7-8,15,17H,2,5-6,9-14H2. The Morgan fingerprint density at radius 2 is 1.64 bits per heavy atom. The molecule has 2 aliphatic rings. The van der Waals surface area contributed by atoms with Crippen LogP contribution < -0.4 is 14.5 Å². The zero-order chi connectivity index (χ0) is 19.3. The van der Waals surface area contributed by atoms with Gasteiger partial charge in [-0.3, -0.25) is 10.1 Å². The maximum absolute atomic E-state index is 11.8. The summed E-state index contributed by atoms with van der Waals surface area (Å²) in [5.74, 6) is 0.464. The first-order valence-corrected chi connectivity index (χ1v) is 9.93. The quantitative estimate of drug-likeness (QED) is 0.578. The Balaban J connectivity index is 1.51. The van der Waals surface area contributed by atoms with E-state index in [0.29, 0.717) is 18.9 Å². The lowest BCUT2D eigenvalue weighted by molar-refractivity contribution is -0.385. The van der Waals surface area contributed by atoms with Crippen LogP contribution >= 0.6 is 0 Å². The second-order valence-corrected chi connectivity index (χ2v) is 7.30. The van der Waals surface area contributed by atoms with Crippen molar-refractivity contribution in [2.45, 2.75) is 38.2 Å². The molecule has 148 valence electrons. The van der Waals surface area contributed by atoms with Crippen molar-refractivity contribution in [2.75, 3.05) is 36.0 Å². The van der Waals surface area contributed by atoms with Gasteiger partial charge in [0.05, 0.1) is 4.92 Å². The SMILES string of the molecule is O=[N+]([O-])c1c(OC2CCCCC2)ncnc1N1CCN(c2ccccc2)CC1. The number of para-hydroxylation sites is 1. The van der Waals surface area contributed by atoms with Crippen LogP contribution in [0.25, 0.3) is 0 Å². The minimum absolute atomic E-state index is 0.00475. The van der Waals surface area contributed by atoms with Crippen molar-refractivity contribution >= 4 is 17.2 Å². The van der Waals surface area contributed by atoms with Gasteiger partial charge in [0.1, 0.15) is 12.4 Å². The molecule has 1 aromatic carbocycles. The molecule has 2 fully saturated rings. The van der Waals surface area contributed by atoms with Gasteiger partial charge in [0.2, 0.25) is 5.82 Å². The van der Waals surface area contributed by atoms with Gasteiger partial charge in [-0.1, -0.05) is 24.6 Å². The fourth-order valence-corrected chi connectivity index (χ4v) is 3.99. The van der Waals surface area contributed by atoms with Crippen molar-refractivity contribution in [2.24, 2.45) is 0 Å². The maximum Gasteiger partial charge on any atom is 0.372 e. The maximum atomic E-state index is 11.8. The molecule has 2 heterocycles. The molecular formula is C20H25N5O3. The molecule has 8 heteroatoms. The van der Waals surface area contributed by atoms with Crippen molar-refractivity contribution < 1.29 is 9.66 Å². The normalized spacial score (nSPS) is 18.1. The highest BCUT2D eigenvalue weighted by Crippen LogP contribution is 2.36. The molecular weight excluding hydrogens is 358 g/mol. The Kier molecular flexibility index (Phi) is 5.55. The van der Waals surface area contributed by atoms with E-state index in [1.54, 1.807) is 0 Å². The molecule has 4 rings (SSSR count). The molecule has 0 spiro atoms. The monoisotopic (exact) mass is 383 g/mol. The summed E-state index contributed by atoms with van der Waals surface area (Å²) in [5.41, 5.74) is 1.06. The Labute approximate surface area is 164 Å². The van der Waals surface area contributed by atoms with E-state index in [1.807, 2.05) is 23.1 Å². The predicted octanol–water partition coefficient (Wildman–Crippen LogP) is 3.42. The van der Waals surface area contributed by atoms with Crippen LogP contribution in [0.1, 0.15) is 32.1 Å². The first kappa shape index (κ1) is 18.5. The fourth-order valence-electron chi connectivity index (χ4n) is 3.99. The van der Waals surface area contributed by atoms with Gasteiger partial charge in [0.15, 0.2) is 0 Å². The molecule has 1 saturated carbocycles. The number of nitro groups is 1. The van der Waals surface area contributed by atoms with Gasteiger partial charge in [0.25, 0.3) is 5.88 Å². The van der Waals surface area contributed by atoms with Gasteiger partial charge in [-0.05, 0) is 37.8 Å². The summed E-state index contributed by atoms with van der Waals surface area (Å²) in [6.07, 6.45) is 6.62. The number of rotatable bonds is 5. The molecule has 1 aromatic heterocycles. The van der Waals surface area contributed by atoms with Gasteiger partial charge in [-0.2, -0.15) is 4.98 Å². The fraction of sp³-hybridized carbons (Fsp3) is 0.500. The number of hydrogen-bond donors (Lipinski definition) is 0. The van der Waals surface area contributed by atoms with E-state index >= 15 is 0 Å². The molecule has 8 nitrogen and oxygen atoms in total. The van der Waals surface area contributed by atoms with Crippen molar-refractivity contribution in [3.63, 3.8) is 0 Å². The lowest BCUT2D eigenvalue weighted by Crippen LogP contribution is -2.47. The second kappa shape index (κ2) is 8.41. The average Bonchev–Trinajstić information content (AvgIpc) is 2.75. The van der Waals surface area contributed by atoms with Crippen LogP contribution in [-0.4, -0.2) is 47.2 Å². The minimum atomic E-state index is -0.406. The third-order valence-corrected chi connectivity index (χ3v) is 5.48. The number of piperazine rings is 1. The van der Waals surface area contributed by atoms with Crippen molar-refractivity contribution in [1.29, 1.82) is 0 Å². The van der Waals surface area contributed by atoms with Gasteiger partial charge < -0.3 is 14.5 Å². The summed E-state index contributed by atoms with van der Waals surface area (Å²) in [6, 6.07) is 10.2. The largest absolute Gasteiger partial charge is 0.469 e. The summed E-state index contributed by atoms with van der Waals surface area (Å²) in [4.78, 5) is 24.0. The Morgan fingerprint density at radius 1 is 0.964 bits per heavy atom. The Hall–Kier alpha value is -2.90. The molecule has 0 amide bonds. The first-order valence-electron chi connectivity index (χ1n) is 9.93. The number of ether oxygens (including phenoxy) is 1. The zero-order valence-electron chi connectivity index (χ0n) is 15.9. The lowest BCUT2D eigenvalue weighted by atomic mass is 9.98. The molecule has 28 heavy (non-hydrogen) atoms. The van der Waals surface area contributed by atoms with Gasteiger partial charge in [-0.25, -0.2) is 4.98 Å². The van der Waals surface area contributed by atoms with Crippen molar-refractivity contribution in [1.82, 2.24) is 9.97 Å². The van der Waals surface area contributed by atoms with E-state index in [-0.39, 0.29) is 17.7 Å². The molecule has 0 unspecified atom stereocenters. The van der Waals surface area contributed by atoms with Crippen LogP contribution in [0.15, 0.2) is 36.7 Å². The van der Waals surface area contributed by atoms with E-state index in [9.17, 15) is 10.1 Å². The van der Waals surface area contributed by atoms with Crippen molar-refractivity contribution in [3.8, 4) is 5.88 Å². The highest BCUT2D eigenvalue weighted by atomic mass is 16.6. The third-order valence-electron chi connectivity index (χ3n) is 5.48. The molecule has 1 aliphatic heterocycles. The van der Waals surface area contributed by atoms with Gasteiger partial charge in [-0.15, -0.1) is 0 Å². The summed E-state index contributed by atoms with van der Waals surface area (Å²) in [6.45, 7) is 2.89. The van der Waals surface area contributed by atoms with Gasteiger partial charge in [0, 0.05) is 31.9 Å². The van der Waals surface area contributed by atoms with Crippen LogP contribution in [-0.2, 0) is 0 Å². The first-order chi connectivity index (χ1) is 13.7. The number of benzene rings is 1. The minimum Gasteiger partial charge on any atom is -0.469 e. The predicted molar refractivity (Wildman–Crippen MR) is 107 cm³/mol. The summed E-state index contributed by atoms with van der Waals surface area (Å²) >= 11 is 0. The van der Waals surface area contributed by atoms with E-state index in [2.05, 4.69) is 27.0 Å². The number of nitrogens with zero attached hydrogens (tertiary/aromatic N) is 5. The molecule has 0 N–H and O–H groups in total. The van der Waals surface area contributed by atoms with E-state index < -0.39 is 4.92 Å². The van der Waals surface area contributed by atoms with Crippen molar-refractivity contribution in [3.05, 3.63) is 46.8 Å². The molecule has 1 aliphatic carbocycles. The van der Waals surface area contributed by atoms with E-state index in [4.69, 9.17) is 4.74 Å². The van der Waals surface area contributed by atoms with Crippen LogP contribution in [0.3, 0.4) is 0 Å². The van der Waals surface area contributed by atoms with E-state index in [0.717, 1.165) is 38.8 Å². The van der Waals surface area contributed by atoms with Crippen LogP contribution in [0.4, 0.5) is 17.2 Å². The molecule has 2 aromatic rings. The molecule has 0 radical (unpaired) electrons. The highest BCUT2D eigenvalue weighted by molar-refractivity contribution is 5.63. The Bertz CT molecular complexity index is 803. The zero-order valence-corrected chi connectivity index (χ0v) is 15.9. The number of aromatic nitrogens is 2. The lowest BCUT2D eigenvalue weighted by Gasteiger charge is -2.36. The molecule has 0 atom stereocenters. The highest BCUT2D eigenvalue weighted by Gasteiger charge is 2.31. The van der Waals surface area contributed by atoms with Crippen LogP contribution in [0.5, 0.6) is 5.88 Å². The summed E-state index contributed by atoms with van der Waals surface area (Å²) in [7, 11) is 0. The number of hydrogen-bond acceptors (Lipinski definition) is 7. The molecule has 0 bridgehead atoms. The van der Waals surface area contributed by atoms with Gasteiger partial charge >= 0.3 is 5.69 Å². The Morgan fingerprint density at radius 3 is 2.32 bits per heavy atom. The summed E-state index contributed by atoms with van der Waals surface area (Å²) in [5, 5.41) is 11.8. The topological polar surface area (TPSA) is 84.6 Å². The number of anilines is 2. The molecule has 1 saturated heterocycles. The van der Waals surface area contributed by atoms with Crippen LogP contribution in [0.2, 0.25) is 0 Å². The third kappa shape index (κ3) is 4.00. The summed E-state index contributed by atoms with van der Waals surface area (Å²) < 4.78 is 5.94. The smallest absolute Gasteiger partial charge is 0.372 e. The van der Waals surface area contributed by atoms with Crippen LogP contribution in [0, 0.1) is 10.1 Å². The van der Waals surface area contributed by atoms with E-state index in [1.165, 1.54) is 18.4 Å². The second-order valence-electron chi connectivity index (χ2n) is 7.30. The average molecular weight is 383 g/mol.